The Balaban J connectivity index is 1.82. The quantitative estimate of drug-likeness (QED) is 0.546. The summed E-state index contributed by atoms with van der Waals surface area (Å²) in [6, 6.07) is 2.98. The first-order valence-corrected chi connectivity index (χ1v) is 13.2. The van der Waals surface area contributed by atoms with E-state index < -0.39 is 27.9 Å². The molecule has 1 aromatic heterocycles. The molecule has 9 nitrogen and oxygen atoms in total. The van der Waals surface area contributed by atoms with Crippen molar-refractivity contribution in [2.24, 2.45) is 0 Å². The zero-order chi connectivity index (χ0) is 23.0. The van der Waals surface area contributed by atoms with Crippen LogP contribution in [0.15, 0.2) is 12.1 Å². The number of hydrogen-bond acceptors (Lipinski definition) is 7. The lowest BCUT2D eigenvalue weighted by Gasteiger charge is -2.39. The minimum absolute atomic E-state index is 0.0101. The van der Waals surface area contributed by atoms with E-state index in [9.17, 15) is 18.0 Å². The van der Waals surface area contributed by atoms with Crippen molar-refractivity contribution in [1.29, 1.82) is 0 Å². The van der Waals surface area contributed by atoms with Crippen LogP contribution in [0.4, 0.5) is 9.59 Å². The van der Waals surface area contributed by atoms with Gasteiger partial charge in [-0.25, -0.2) is 22.7 Å². The van der Waals surface area contributed by atoms with Gasteiger partial charge in [0.15, 0.2) is 5.06 Å². The predicted molar refractivity (Wildman–Crippen MR) is 122 cm³/mol. The largest absolute Gasteiger partial charge is 0.413 e. The van der Waals surface area contributed by atoms with Crippen molar-refractivity contribution >= 4 is 45.1 Å². The molecule has 0 saturated carbocycles. The van der Waals surface area contributed by atoms with Crippen LogP contribution in [0, 0.1) is 0 Å². The topological polar surface area (TPSA) is 108 Å². The molecule has 0 spiro atoms. The van der Waals surface area contributed by atoms with Gasteiger partial charge in [-0.3, -0.25) is 0 Å². The molecule has 3 amide bonds. The molecule has 1 fully saturated rings. The number of nitrogens with one attached hydrogen (secondary N) is 2. The van der Waals surface area contributed by atoms with E-state index in [1.165, 1.54) is 6.07 Å². The first-order valence-electron chi connectivity index (χ1n) is 10.4. The molecular formula is C19H31ClN4O5S2. The van der Waals surface area contributed by atoms with Crippen molar-refractivity contribution in [1.82, 2.24) is 19.8 Å². The van der Waals surface area contributed by atoms with Crippen LogP contribution < -0.4 is 14.8 Å². The Morgan fingerprint density at radius 2 is 2.00 bits per heavy atom. The predicted octanol–water partition coefficient (Wildman–Crippen LogP) is 3.11. The third kappa shape index (κ3) is 8.47. The number of thiophene rings is 1. The van der Waals surface area contributed by atoms with E-state index in [1.54, 1.807) is 11.0 Å². The number of urea groups is 1. The van der Waals surface area contributed by atoms with E-state index in [2.05, 4.69) is 28.8 Å². The Kier molecular flexibility index (Phi) is 9.86. The maximum absolute atomic E-state index is 12.7. The average Bonchev–Trinajstić information content (AvgIpc) is 3.10. The van der Waals surface area contributed by atoms with Gasteiger partial charge in [-0.1, -0.05) is 29.9 Å². The summed E-state index contributed by atoms with van der Waals surface area (Å²) in [6.07, 6.45) is 1.57. The van der Waals surface area contributed by atoms with Crippen LogP contribution >= 0.6 is 22.9 Å². The lowest BCUT2D eigenvalue weighted by Crippen LogP contribution is -2.53. The fourth-order valence-corrected chi connectivity index (χ4v) is 5.14. The molecule has 2 heterocycles. The number of sulfonamides is 1. The van der Waals surface area contributed by atoms with Crippen LogP contribution in [-0.4, -0.2) is 74.4 Å². The fraction of sp³-hybridized carbons (Fsp3) is 0.684. The van der Waals surface area contributed by atoms with Crippen LogP contribution in [0.3, 0.4) is 0 Å². The molecule has 31 heavy (non-hydrogen) atoms. The van der Waals surface area contributed by atoms with E-state index in [4.69, 9.17) is 16.3 Å². The molecule has 12 heteroatoms. The maximum atomic E-state index is 12.7. The summed E-state index contributed by atoms with van der Waals surface area (Å²) in [5.74, 6) is -0.440. The molecule has 1 aliphatic heterocycles. The van der Waals surface area contributed by atoms with Gasteiger partial charge in [0.25, 0.3) is 0 Å². The Morgan fingerprint density at radius 1 is 1.32 bits per heavy atom. The summed E-state index contributed by atoms with van der Waals surface area (Å²) in [4.78, 5) is 28.4. The third-order valence-electron chi connectivity index (χ3n) is 5.02. The summed E-state index contributed by atoms with van der Waals surface area (Å²) >= 11 is 6.85. The van der Waals surface area contributed by atoms with E-state index in [1.807, 2.05) is 6.92 Å². The number of rotatable bonds is 9. The zero-order valence-corrected chi connectivity index (χ0v) is 20.5. The van der Waals surface area contributed by atoms with Crippen LogP contribution in [0.1, 0.15) is 40.0 Å². The lowest BCUT2D eigenvalue weighted by molar-refractivity contribution is 0.107. The van der Waals surface area contributed by atoms with E-state index >= 15 is 0 Å². The summed E-state index contributed by atoms with van der Waals surface area (Å²) in [5.41, 5.74) is 0. The Morgan fingerprint density at radius 3 is 2.55 bits per heavy atom. The minimum Gasteiger partial charge on any atom is -0.399 e. The first-order chi connectivity index (χ1) is 14.6. The Labute approximate surface area is 193 Å². The monoisotopic (exact) mass is 494 g/mol. The second-order valence-electron chi connectivity index (χ2n) is 7.66. The van der Waals surface area contributed by atoms with Crippen LogP contribution in [-0.2, 0) is 10.0 Å². The number of ether oxygens (including phenoxy) is 1. The zero-order valence-electron chi connectivity index (χ0n) is 18.1. The summed E-state index contributed by atoms with van der Waals surface area (Å²) in [7, 11) is -3.91. The molecule has 176 valence electrons. The molecule has 2 N–H and O–H groups in total. The van der Waals surface area contributed by atoms with Crippen LogP contribution in [0.2, 0.25) is 4.34 Å². The normalized spacial score (nSPS) is 15.6. The molecule has 0 aliphatic carbocycles. The van der Waals surface area contributed by atoms with E-state index in [-0.39, 0.29) is 12.6 Å². The highest BCUT2D eigenvalue weighted by Gasteiger charge is 2.30. The highest BCUT2D eigenvalue weighted by molar-refractivity contribution is 7.90. The van der Waals surface area contributed by atoms with Gasteiger partial charge < -0.3 is 19.9 Å². The number of piperidine rings is 1. The Bertz CT molecular complexity index is 838. The molecule has 1 saturated heterocycles. The number of amides is 3. The molecule has 0 bridgehead atoms. The number of halogens is 1. The van der Waals surface area contributed by atoms with Crippen LogP contribution in [0.5, 0.6) is 5.06 Å². The molecule has 0 unspecified atom stereocenters. The van der Waals surface area contributed by atoms with Gasteiger partial charge in [-0.2, -0.15) is 0 Å². The van der Waals surface area contributed by atoms with Crippen molar-refractivity contribution in [3.8, 4) is 5.06 Å². The van der Waals surface area contributed by atoms with Gasteiger partial charge in [0.05, 0.1) is 10.1 Å². The number of hydrogen-bond donors (Lipinski definition) is 2. The standard InChI is InChI=1S/C19H31ClN4O5S2/c1-4-10-24(15-7-11-23(12-8-15)14(2)3)18(25)22-31(27,28)13-9-21-19(26)29-17-6-5-16(20)30-17/h5-6,14-15H,4,7-13H2,1-3H3,(H,21,26)(H,22,25). The molecule has 2 rings (SSSR count). The van der Waals surface area contributed by atoms with Gasteiger partial charge >= 0.3 is 12.1 Å². The third-order valence-corrected chi connectivity index (χ3v) is 7.36. The molecule has 1 aromatic rings. The number of likely N-dealkylation sites (tertiary alicyclic amines) is 1. The lowest BCUT2D eigenvalue weighted by atomic mass is 10.0. The average molecular weight is 495 g/mol. The number of carbonyl (C=O) groups is 2. The van der Waals surface area contributed by atoms with Gasteiger partial charge in [0, 0.05) is 38.3 Å². The smallest absolute Gasteiger partial charge is 0.399 e. The summed E-state index contributed by atoms with van der Waals surface area (Å²) < 4.78 is 32.3. The van der Waals surface area contributed by atoms with Crippen molar-refractivity contribution in [2.75, 3.05) is 31.9 Å². The highest BCUT2D eigenvalue weighted by Crippen LogP contribution is 2.28. The molecule has 1 aliphatic rings. The van der Waals surface area contributed by atoms with Gasteiger partial charge in [-0.05, 0) is 45.2 Å². The first kappa shape index (κ1) is 25.7. The molecule has 0 atom stereocenters. The second-order valence-corrected chi connectivity index (χ2v) is 11.2. The molecule has 0 aromatic carbocycles. The maximum Gasteiger partial charge on any atom is 0.413 e. The highest BCUT2D eigenvalue weighted by atomic mass is 35.5. The minimum atomic E-state index is -3.91. The van der Waals surface area contributed by atoms with E-state index in [0.29, 0.717) is 22.0 Å². The van der Waals surface area contributed by atoms with E-state index in [0.717, 1.165) is 43.7 Å². The van der Waals surface area contributed by atoms with Gasteiger partial charge in [0.1, 0.15) is 0 Å². The van der Waals surface area contributed by atoms with Gasteiger partial charge in [0.2, 0.25) is 10.0 Å². The van der Waals surface area contributed by atoms with Gasteiger partial charge in [-0.15, -0.1) is 0 Å². The van der Waals surface area contributed by atoms with Crippen molar-refractivity contribution in [3.63, 3.8) is 0 Å². The second kappa shape index (κ2) is 11.9. The van der Waals surface area contributed by atoms with Crippen molar-refractivity contribution < 1.29 is 22.7 Å². The molecule has 0 radical (unpaired) electrons. The SMILES string of the molecule is CCCN(C(=O)NS(=O)(=O)CCNC(=O)Oc1ccc(Cl)s1)C1CCN(C(C)C)CC1. The molecular weight excluding hydrogens is 464 g/mol. The fourth-order valence-electron chi connectivity index (χ4n) is 3.41. The number of nitrogens with zero attached hydrogens (tertiary/aromatic N) is 2. The number of carbonyl (C=O) groups excluding carboxylic acids is 2. The summed E-state index contributed by atoms with van der Waals surface area (Å²) in [6.45, 7) is 8.29. The van der Waals surface area contributed by atoms with Crippen molar-refractivity contribution in [2.45, 2.75) is 52.1 Å². The summed E-state index contributed by atoms with van der Waals surface area (Å²) in [5, 5.41) is 2.66. The van der Waals surface area contributed by atoms with Crippen molar-refractivity contribution in [3.05, 3.63) is 16.5 Å². The Hall–Kier alpha value is -1.56. The van der Waals surface area contributed by atoms with Crippen LogP contribution in [0.25, 0.3) is 0 Å².